The maximum atomic E-state index is 11.3. The zero-order chi connectivity index (χ0) is 16.2. The van der Waals surface area contributed by atoms with E-state index >= 15 is 0 Å². The first-order valence-corrected chi connectivity index (χ1v) is 11.5. The molecule has 119 valence electrons. The molecule has 0 bridgehead atoms. The molecule has 0 fully saturated rings. The van der Waals surface area contributed by atoms with Crippen LogP contribution in [0.15, 0.2) is 23.1 Å². The Morgan fingerprint density at radius 2 is 2.14 bits per heavy atom. The summed E-state index contributed by atoms with van der Waals surface area (Å²) in [5, 5.41) is 11.9. The third-order valence-corrected chi connectivity index (χ3v) is 5.42. The molecule has 2 aromatic heterocycles. The van der Waals surface area contributed by atoms with Crippen LogP contribution in [0.5, 0.6) is 0 Å². The standard InChI is InChI=1S/C14H19BrN4O2Si/c1-22(2,3)7-6-21-10-19-13(11-4-5-16-17-8-11)12(9-20)14(15)18-19/h4-5,8-9H,6-7,10H2,1-3H3/q-1. The van der Waals surface area contributed by atoms with Gasteiger partial charge in [-0.1, -0.05) is 0 Å². The first-order chi connectivity index (χ1) is 10.4. The third kappa shape index (κ3) is 4.31. The number of aromatic nitrogens is 4. The number of halogens is 1. The van der Waals surface area contributed by atoms with Gasteiger partial charge >= 0.3 is 0 Å². The first-order valence-electron chi connectivity index (χ1n) is 6.98. The van der Waals surface area contributed by atoms with Crippen molar-refractivity contribution in [2.24, 2.45) is 0 Å². The molecule has 0 amide bonds. The van der Waals surface area contributed by atoms with E-state index in [1.165, 1.54) is 0 Å². The van der Waals surface area contributed by atoms with Crippen molar-refractivity contribution in [1.29, 1.82) is 0 Å². The minimum Gasteiger partial charge on any atom is -0.362 e. The highest BCUT2D eigenvalue weighted by Crippen LogP contribution is 2.27. The number of aldehydes is 1. The van der Waals surface area contributed by atoms with Crippen molar-refractivity contribution in [3.8, 4) is 11.3 Å². The fourth-order valence-electron chi connectivity index (χ4n) is 1.91. The summed E-state index contributed by atoms with van der Waals surface area (Å²) in [6, 6.07) is 2.88. The molecular weight excluding hydrogens is 364 g/mol. The van der Waals surface area contributed by atoms with Crippen LogP contribution in [0.1, 0.15) is 10.4 Å². The van der Waals surface area contributed by atoms with Gasteiger partial charge in [0.15, 0.2) is 6.29 Å². The van der Waals surface area contributed by atoms with Gasteiger partial charge < -0.3 is 4.74 Å². The smallest absolute Gasteiger partial charge is 0.155 e. The molecular formula is C14H19BrN4O2Si-. The van der Waals surface area contributed by atoms with Gasteiger partial charge in [-0.2, -0.15) is 34.9 Å². The van der Waals surface area contributed by atoms with Crippen molar-refractivity contribution in [2.45, 2.75) is 32.4 Å². The van der Waals surface area contributed by atoms with E-state index in [0.29, 0.717) is 29.2 Å². The SMILES string of the molecule is C[Si-](C)(C)CCOCn1nc(Br)c(C=O)c1-c1ccnnc1. The van der Waals surface area contributed by atoms with E-state index in [-0.39, 0.29) is 0 Å². The highest BCUT2D eigenvalue weighted by atomic mass is 79.9. The molecule has 0 saturated carbocycles. The van der Waals surface area contributed by atoms with Gasteiger partial charge in [0.1, 0.15) is 11.3 Å². The fourth-order valence-corrected chi connectivity index (χ4v) is 3.14. The van der Waals surface area contributed by atoms with E-state index in [1.54, 1.807) is 23.1 Å². The topological polar surface area (TPSA) is 69.9 Å². The van der Waals surface area contributed by atoms with Crippen LogP contribution >= 0.6 is 15.9 Å². The van der Waals surface area contributed by atoms with Crippen molar-refractivity contribution in [2.75, 3.05) is 6.61 Å². The Labute approximate surface area is 139 Å². The summed E-state index contributed by atoms with van der Waals surface area (Å²) in [7, 11) is -1.12. The quantitative estimate of drug-likeness (QED) is 0.417. The lowest BCUT2D eigenvalue weighted by molar-refractivity contribution is 0.0795. The maximum absolute atomic E-state index is 11.3. The summed E-state index contributed by atoms with van der Waals surface area (Å²) in [5.74, 6) is 0. The second kappa shape index (κ2) is 7.25. The number of carbonyl (C=O) groups excluding carboxylic acids is 1. The van der Waals surface area contributed by atoms with Crippen molar-refractivity contribution in [3.05, 3.63) is 28.6 Å². The molecule has 0 aliphatic heterocycles. The van der Waals surface area contributed by atoms with E-state index in [4.69, 9.17) is 4.74 Å². The summed E-state index contributed by atoms with van der Waals surface area (Å²) in [5.41, 5.74) is 1.95. The summed E-state index contributed by atoms with van der Waals surface area (Å²) < 4.78 is 7.91. The average molecular weight is 383 g/mol. The second-order valence-corrected chi connectivity index (χ2v) is 12.5. The summed E-state index contributed by atoms with van der Waals surface area (Å²) >= 11 is 3.32. The van der Waals surface area contributed by atoms with E-state index in [9.17, 15) is 4.79 Å². The molecule has 0 unspecified atom stereocenters. The maximum Gasteiger partial charge on any atom is 0.155 e. The molecule has 0 radical (unpaired) electrons. The molecule has 2 rings (SSSR count). The fraction of sp³-hybridized carbons (Fsp3) is 0.429. The Bertz CT molecular complexity index is 640. The molecule has 8 heteroatoms. The lowest BCUT2D eigenvalue weighted by atomic mass is 10.1. The molecule has 0 saturated heterocycles. The van der Waals surface area contributed by atoms with Gasteiger partial charge in [-0.3, -0.25) is 4.79 Å². The highest BCUT2D eigenvalue weighted by molar-refractivity contribution is 9.10. The van der Waals surface area contributed by atoms with Crippen LogP contribution in [0.2, 0.25) is 25.7 Å². The molecule has 6 nitrogen and oxygen atoms in total. The van der Waals surface area contributed by atoms with Crippen LogP contribution in [0.25, 0.3) is 11.3 Å². The second-order valence-electron chi connectivity index (χ2n) is 6.15. The number of hydrogen-bond donors (Lipinski definition) is 0. The van der Waals surface area contributed by atoms with Crippen molar-refractivity contribution >= 4 is 30.3 Å². The normalized spacial score (nSPS) is 11.6. The Morgan fingerprint density at radius 3 is 2.73 bits per heavy atom. The molecule has 0 N–H and O–H groups in total. The molecule has 22 heavy (non-hydrogen) atoms. The van der Waals surface area contributed by atoms with E-state index < -0.39 is 8.07 Å². The zero-order valence-corrected chi connectivity index (χ0v) is 15.5. The van der Waals surface area contributed by atoms with E-state index in [1.807, 2.05) is 0 Å². The lowest BCUT2D eigenvalue weighted by Gasteiger charge is -2.26. The van der Waals surface area contributed by atoms with Crippen LogP contribution in [0.4, 0.5) is 0 Å². The largest absolute Gasteiger partial charge is 0.362 e. The molecule has 0 aromatic carbocycles. The van der Waals surface area contributed by atoms with Crippen molar-refractivity contribution in [3.63, 3.8) is 0 Å². The van der Waals surface area contributed by atoms with Crippen LogP contribution in [0.3, 0.4) is 0 Å². The zero-order valence-electron chi connectivity index (χ0n) is 12.9. The third-order valence-electron chi connectivity index (χ3n) is 3.13. The number of hydrogen-bond acceptors (Lipinski definition) is 5. The van der Waals surface area contributed by atoms with E-state index in [2.05, 4.69) is 50.9 Å². The van der Waals surface area contributed by atoms with Gasteiger partial charge in [0, 0.05) is 12.2 Å². The monoisotopic (exact) mass is 382 g/mol. The first kappa shape index (κ1) is 17.0. The Kier molecular flexibility index (Phi) is 5.60. The Hall–Kier alpha value is -1.38. The van der Waals surface area contributed by atoms with Crippen LogP contribution in [-0.4, -0.2) is 40.9 Å². The van der Waals surface area contributed by atoms with Gasteiger partial charge in [-0.15, -0.1) is 14.1 Å². The summed E-state index contributed by atoms with van der Waals surface area (Å²) in [6.07, 6.45) is 3.97. The highest BCUT2D eigenvalue weighted by Gasteiger charge is 2.17. The lowest BCUT2D eigenvalue weighted by Crippen LogP contribution is -2.22. The minimum absolute atomic E-state index is 0.300. The molecule has 0 spiro atoms. The number of ether oxygens (including phenoxy) is 1. The van der Waals surface area contributed by atoms with Crippen LogP contribution in [-0.2, 0) is 11.5 Å². The van der Waals surface area contributed by atoms with Gasteiger partial charge in [0.2, 0.25) is 0 Å². The molecule has 2 heterocycles. The minimum atomic E-state index is -1.12. The van der Waals surface area contributed by atoms with Crippen LogP contribution < -0.4 is 0 Å². The van der Waals surface area contributed by atoms with Gasteiger partial charge in [-0.05, 0) is 22.0 Å². The number of carbonyl (C=O) groups is 1. The summed E-state index contributed by atoms with van der Waals surface area (Å²) in [6.45, 7) is 7.91. The number of rotatable bonds is 7. The Balaban J connectivity index is 2.19. The molecule has 2 aromatic rings. The molecule has 0 aliphatic carbocycles. The van der Waals surface area contributed by atoms with E-state index in [0.717, 1.165) is 17.9 Å². The average Bonchev–Trinajstić information content (AvgIpc) is 2.79. The van der Waals surface area contributed by atoms with Crippen molar-refractivity contribution in [1.82, 2.24) is 20.0 Å². The molecule has 0 atom stereocenters. The Morgan fingerprint density at radius 1 is 1.36 bits per heavy atom. The van der Waals surface area contributed by atoms with Gasteiger partial charge in [0.05, 0.1) is 23.7 Å². The van der Waals surface area contributed by atoms with Crippen molar-refractivity contribution < 1.29 is 9.53 Å². The summed E-state index contributed by atoms with van der Waals surface area (Å²) in [4.78, 5) is 11.3. The van der Waals surface area contributed by atoms with Gasteiger partial charge in [-0.25, -0.2) is 4.68 Å². The predicted molar refractivity (Wildman–Crippen MR) is 90.4 cm³/mol. The molecule has 0 aliphatic rings. The predicted octanol–water partition coefficient (Wildman–Crippen LogP) is 3.23. The van der Waals surface area contributed by atoms with Gasteiger partial charge in [0.25, 0.3) is 0 Å². The van der Waals surface area contributed by atoms with Crippen LogP contribution in [0, 0.1) is 0 Å². The number of nitrogens with zero attached hydrogens (tertiary/aromatic N) is 4.